The molecule has 106 valence electrons. The molecule has 2 rings (SSSR count). The second-order valence-corrected chi connectivity index (χ2v) is 7.70. The van der Waals surface area contributed by atoms with Crippen molar-refractivity contribution in [2.75, 3.05) is 0 Å². The minimum atomic E-state index is 0.621. The van der Waals surface area contributed by atoms with Crippen LogP contribution in [-0.4, -0.2) is 4.83 Å². The van der Waals surface area contributed by atoms with E-state index in [1.807, 2.05) is 18.2 Å². The van der Waals surface area contributed by atoms with Gasteiger partial charge in [-0.1, -0.05) is 58.9 Å². The molecule has 3 atom stereocenters. The quantitative estimate of drug-likeness (QED) is 0.534. The third kappa shape index (κ3) is 4.37. The Bertz CT molecular complexity index is 419. The van der Waals surface area contributed by atoms with Crippen LogP contribution in [0.3, 0.4) is 0 Å². The molecule has 1 aliphatic carbocycles. The molecule has 0 saturated heterocycles. The van der Waals surface area contributed by atoms with Crippen LogP contribution in [0.5, 0.6) is 0 Å². The fourth-order valence-electron chi connectivity index (χ4n) is 3.19. The first-order valence-electron chi connectivity index (χ1n) is 7.18. The number of rotatable bonds is 4. The summed E-state index contributed by atoms with van der Waals surface area (Å²) in [7, 11) is 0. The van der Waals surface area contributed by atoms with Crippen LogP contribution in [0.25, 0.3) is 0 Å². The molecule has 0 bridgehead atoms. The van der Waals surface area contributed by atoms with E-state index in [0.717, 1.165) is 22.4 Å². The third-order valence-corrected chi connectivity index (χ3v) is 5.99. The summed E-state index contributed by atoms with van der Waals surface area (Å²) in [6, 6.07) is 5.79. The number of benzene rings is 1. The Morgan fingerprint density at radius 3 is 2.79 bits per heavy atom. The Balaban J connectivity index is 2.05. The number of hydrogen-bond donors (Lipinski definition) is 0. The van der Waals surface area contributed by atoms with Crippen LogP contribution in [0, 0.1) is 11.8 Å². The van der Waals surface area contributed by atoms with E-state index in [-0.39, 0.29) is 0 Å². The van der Waals surface area contributed by atoms with Gasteiger partial charge in [0.15, 0.2) is 0 Å². The van der Waals surface area contributed by atoms with Crippen molar-refractivity contribution in [3.05, 3.63) is 33.8 Å². The largest absolute Gasteiger partial charge is 0.0888 e. The molecular weight excluding hydrogens is 343 g/mol. The van der Waals surface area contributed by atoms with E-state index in [9.17, 15) is 0 Å². The Labute approximate surface area is 135 Å². The summed E-state index contributed by atoms with van der Waals surface area (Å²) >= 11 is 16.2. The van der Waals surface area contributed by atoms with Crippen LogP contribution in [0.15, 0.2) is 18.2 Å². The van der Waals surface area contributed by atoms with Crippen molar-refractivity contribution in [2.24, 2.45) is 11.8 Å². The van der Waals surface area contributed by atoms with Gasteiger partial charge in [0.25, 0.3) is 0 Å². The summed E-state index contributed by atoms with van der Waals surface area (Å²) in [5.74, 6) is 1.57. The van der Waals surface area contributed by atoms with Crippen molar-refractivity contribution < 1.29 is 0 Å². The fraction of sp³-hybridized carbons (Fsp3) is 0.625. The van der Waals surface area contributed by atoms with Crippen molar-refractivity contribution in [3.63, 3.8) is 0 Å². The fourth-order valence-corrected chi connectivity index (χ4v) is 4.24. The van der Waals surface area contributed by atoms with E-state index in [4.69, 9.17) is 23.2 Å². The highest BCUT2D eigenvalue weighted by Gasteiger charge is 2.28. The van der Waals surface area contributed by atoms with Crippen molar-refractivity contribution in [3.8, 4) is 0 Å². The lowest BCUT2D eigenvalue weighted by Gasteiger charge is -2.33. The molecule has 0 spiro atoms. The van der Waals surface area contributed by atoms with E-state index in [0.29, 0.717) is 10.7 Å². The maximum absolute atomic E-state index is 6.29. The van der Waals surface area contributed by atoms with Gasteiger partial charge < -0.3 is 0 Å². The highest BCUT2D eigenvalue weighted by atomic mass is 79.9. The SMILES string of the molecule is CCCC1CCC(Br)C(Cc2cc(Cl)ccc2Cl)C1. The molecule has 19 heavy (non-hydrogen) atoms. The monoisotopic (exact) mass is 362 g/mol. The molecule has 0 heterocycles. The zero-order valence-corrected chi connectivity index (χ0v) is 14.4. The van der Waals surface area contributed by atoms with Crippen molar-refractivity contribution >= 4 is 39.1 Å². The van der Waals surface area contributed by atoms with Gasteiger partial charge in [-0.3, -0.25) is 0 Å². The lowest BCUT2D eigenvalue weighted by Crippen LogP contribution is -2.26. The number of hydrogen-bond acceptors (Lipinski definition) is 0. The number of halogens is 3. The molecule has 0 amide bonds. The van der Waals surface area contributed by atoms with E-state index in [1.54, 1.807) is 0 Å². The Kier molecular flexibility index (Phi) is 6.05. The molecule has 0 N–H and O–H groups in total. The molecule has 1 aromatic carbocycles. The zero-order chi connectivity index (χ0) is 13.8. The molecule has 1 aliphatic rings. The van der Waals surface area contributed by atoms with Gasteiger partial charge in [0.1, 0.15) is 0 Å². The highest BCUT2D eigenvalue weighted by Crippen LogP contribution is 2.38. The van der Waals surface area contributed by atoms with Crippen molar-refractivity contribution in [1.82, 2.24) is 0 Å². The van der Waals surface area contributed by atoms with Gasteiger partial charge in [0, 0.05) is 14.9 Å². The predicted octanol–water partition coefficient (Wildman–Crippen LogP) is 6.52. The Morgan fingerprint density at radius 2 is 2.05 bits per heavy atom. The molecular formula is C16H21BrCl2. The summed E-state index contributed by atoms with van der Waals surface area (Å²) in [4.78, 5) is 0.621. The second-order valence-electron chi connectivity index (χ2n) is 5.68. The van der Waals surface area contributed by atoms with Crippen LogP contribution in [0.4, 0.5) is 0 Å². The third-order valence-electron chi connectivity index (χ3n) is 4.19. The smallest absolute Gasteiger partial charge is 0.0439 e. The van der Waals surface area contributed by atoms with Crippen molar-refractivity contribution in [2.45, 2.75) is 50.3 Å². The Hall–Kier alpha value is 0.280. The van der Waals surface area contributed by atoms with Gasteiger partial charge in [-0.15, -0.1) is 0 Å². The molecule has 1 fully saturated rings. The van der Waals surface area contributed by atoms with Gasteiger partial charge in [-0.05, 0) is 61.3 Å². The van der Waals surface area contributed by atoms with Gasteiger partial charge in [0.2, 0.25) is 0 Å². The van der Waals surface area contributed by atoms with Crippen LogP contribution in [0.2, 0.25) is 10.0 Å². The van der Waals surface area contributed by atoms with E-state index in [1.165, 1.54) is 37.7 Å². The Morgan fingerprint density at radius 1 is 1.26 bits per heavy atom. The van der Waals surface area contributed by atoms with Gasteiger partial charge in [-0.2, -0.15) is 0 Å². The molecule has 3 unspecified atom stereocenters. The molecule has 0 aliphatic heterocycles. The lowest BCUT2D eigenvalue weighted by molar-refractivity contribution is 0.263. The average Bonchev–Trinajstić information content (AvgIpc) is 2.38. The summed E-state index contributed by atoms with van der Waals surface area (Å²) in [5.41, 5.74) is 1.20. The lowest BCUT2D eigenvalue weighted by atomic mass is 9.77. The van der Waals surface area contributed by atoms with Crippen LogP contribution >= 0.6 is 39.1 Å². The maximum Gasteiger partial charge on any atom is 0.0439 e. The normalized spacial score (nSPS) is 27.5. The minimum Gasteiger partial charge on any atom is -0.0888 e. The first kappa shape index (κ1) is 15.7. The molecule has 0 nitrogen and oxygen atoms in total. The standard InChI is InChI=1S/C16H21BrCl2/c1-2-3-11-4-6-15(17)12(8-11)9-13-10-14(18)5-7-16(13)19/h5,7,10-12,15H,2-4,6,8-9H2,1H3. The van der Waals surface area contributed by atoms with Crippen LogP contribution in [0.1, 0.15) is 44.6 Å². The summed E-state index contributed by atoms with van der Waals surface area (Å²) in [6.45, 7) is 2.28. The molecule has 1 aromatic rings. The predicted molar refractivity (Wildman–Crippen MR) is 88.6 cm³/mol. The zero-order valence-electron chi connectivity index (χ0n) is 11.3. The van der Waals surface area contributed by atoms with E-state index in [2.05, 4.69) is 22.9 Å². The minimum absolute atomic E-state index is 0.621. The second kappa shape index (κ2) is 7.33. The van der Waals surface area contributed by atoms with Crippen molar-refractivity contribution in [1.29, 1.82) is 0 Å². The summed E-state index contributed by atoms with van der Waals surface area (Å²) in [6.07, 6.45) is 7.65. The van der Waals surface area contributed by atoms with E-state index >= 15 is 0 Å². The molecule has 0 radical (unpaired) electrons. The van der Waals surface area contributed by atoms with Gasteiger partial charge in [0.05, 0.1) is 0 Å². The highest BCUT2D eigenvalue weighted by molar-refractivity contribution is 9.09. The van der Waals surface area contributed by atoms with Crippen LogP contribution in [-0.2, 0) is 6.42 Å². The van der Waals surface area contributed by atoms with E-state index < -0.39 is 0 Å². The average molecular weight is 364 g/mol. The van der Waals surface area contributed by atoms with Gasteiger partial charge in [-0.25, -0.2) is 0 Å². The summed E-state index contributed by atoms with van der Waals surface area (Å²) < 4.78 is 0. The molecule has 1 saturated carbocycles. The number of alkyl halides is 1. The molecule has 0 aromatic heterocycles. The first-order chi connectivity index (χ1) is 9.10. The van der Waals surface area contributed by atoms with Crippen LogP contribution < -0.4 is 0 Å². The molecule has 3 heteroatoms. The maximum atomic E-state index is 6.29. The topological polar surface area (TPSA) is 0 Å². The first-order valence-corrected chi connectivity index (χ1v) is 8.85. The summed E-state index contributed by atoms with van der Waals surface area (Å²) in [5, 5.41) is 1.63. The van der Waals surface area contributed by atoms with Gasteiger partial charge >= 0.3 is 0 Å².